The van der Waals surface area contributed by atoms with E-state index in [1.807, 2.05) is 18.4 Å². The standard InChI is InChI=1S/C10H9BrOS/c1-6-4-7-2-3-13-10(7)9(12)8(6)5-11/h2-4,12H,5H2,1H3. The summed E-state index contributed by atoms with van der Waals surface area (Å²) in [6.07, 6.45) is 0. The number of phenols is 1. The van der Waals surface area contributed by atoms with Crippen LogP contribution in [-0.4, -0.2) is 5.11 Å². The molecule has 0 unspecified atom stereocenters. The predicted molar refractivity (Wildman–Crippen MR) is 60.9 cm³/mol. The topological polar surface area (TPSA) is 20.2 Å². The molecular weight excluding hydrogens is 248 g/mol. The third-order valence-electron chi connectivity index (χ3n) is 2.18. The van der Waals surface area contributed by atoms with Crippen LogP contribution < -0.4 is 0 Å². The van der Waals surface area contributed by atoms with Gasteiger partial charge in [0, 0.05) is 10.9 Å². The largest absolute Gasteiger partial charge is 0.506 e. The van der Waals surface area contributed by atoms with Crippen LogP contribution in [0.1, 0.15) is 11.1 Å². The third kappa shape index (κ3) is 1.36. The number of phenolic OH excluding ortho intramolecular Hbond substituents is 1. The van der Waals surface area contributed by atoms with Crippen LogP contribution >= 0.6 is 27.3 Å². The number of hydrogen-bond donors (Lipinski definition) is 1. The second-order valence-corrected chi connectivity index (χ2v) is 4.47. The first-order chi connectivity index (χ1) is 6.24. The molecule has 0 spiro atoms. The highest BCUT2D eigenvalue weighted by atomic mass is 79.9. The number of fused-ring (bicyclic) bond motifs is 1. The fourth-order valence-corrected chi connectivity index (χ4v) is 2.99. The summed E-state index contributed by atoms with van der Waals surface area (Å²) >= 11 is 4.96. The zero-order valence-corrected chi connectivity index (χ0v) is 9.58. The van der Waals surface area contributed by atoms with E-state index in [2.05, 4.69) is 22.0 Å². The van der Waals surface area contributed by atoms with Gasteiger partial charge in [-0.1, -0.05) is 22.0 Å². The van der Waals surface area contributed by atoms with E-state index in [9.17, 15) is 5.11 Å². The van der Waals surface area contributed by atoms with Crippen molar-refractivity contribution in [1.82, 2.24) is 0 Å². The lowest BCUT2D eigenvalue weighted by atomic mass is 10.1. The molecule has 0 aliphatic heterocycles. The van der Waals surface area contributed by atoms with Gasteiger partial charge < -0.3 is 5.11 Å². The van der Waals surface area contributed by atoms with Gasteiger partial charge in [0.1, 0.15) is 5.75 Å². The number of thiophene rings is 1. The molecule has 1 N–H and O–H groups in total. The second kappa shape index (κ2) is 3.31. The molecule has 2 rings (SSSR count). The summed E-state index contributed by atoms with van der Waals surface area (Å²) in [5, 5.41) is 13.7. The summed E-state index contributed by atoms with van der Waals surface area (Å²) in [5.41, 5.74) is 2.13. The molecule has 0 fully saturated rings. The molecule has 13 heavy (non-hydrogen) atoms. The van der Waals surface area contributed by atoms with Gasteiger partial charge in [-0.25, -0.2) is 0 Å². The minimum Gasteiger partial charge on any atom is -0.506 e. The molecule has 0 aliphatic rings. The first-order valence-corrected chi connectivity index (χ1v) is 5.98. The number of aryl methyl sites for hydroxylation is 1. The molecule has 0 bridgehead atoms. The Kier molecular flexibility index (Phi) is 2.30. The molecule has 1 aromatic heterocycles. The minimum absolute atomic E-state index is 0.432. The van der Waals surface area contributed by atoms with Crippen LogP contribution in [0.15, 0.2) is 17.5 Å². The van der Waals surface area contributed by atoms with Gasteiger partial charge in [0.15, 0.2) is 0 Å². The maximum Gasteiger partial charge on any atom is 0.137 e. The van der Waals surface area contributed by atoms with E-state index in [4.69, 9.17) is 0 Å². The summed E-state index contributed by atoms with van der Waals surface area (Å²) in [6, 6.07) is 4.15. The number of hydrogen-bond acceptors (Lipinski definition) is 2. The summed E-state index contributed by atoms with van der Waals surface area (Å²) < 4.78 is 0.986. The maximum absolute atomic E-state index is 9.90. The zero-order valence-electron chi connectivity index (χ0n) is 7.17. The highest BCUT2D eigenvalue weighted by molar-refractivity contribution is 9.08. The molecule has 1 aromatic carbocycles. The van der Waals surface area contributed by atoms with E-state index >= 15 is 0 Å². The second-order valence-electron chi connectivity index (χ2n) is 2.99. The van der Waals surface area contributed by atoms with Crippen molar-refractivity contribution >= 4 is 37.4 Å². The molecular formula is C10H9BrOS. The first kappa shape index (κ1) is 9.03. The van der Waals surface area contributed by atoms with Gasteiger partial charge in [0.05, 0.1) is 4.70 Å². The van der Waals surface area contributed by atoms with Crippen molar-refractivity contribution in [3.8, 4) is 5.75 Å². The number of rotatable bonds is 1. The minimum atomic E-state index is 0.432. The fraction of sp³-hybridized carbons (Fsp3) is 0.200. The van der Waals surface area contributed by atoms with E-state index in [0.29, 0.717) is 11.1 Å². The Bertz CT molecular complexity index is 447. The number of alkyl halides is 1. The number of aromatic hydroxyl groups is 1. The maximum atomic E-state index is 9.90. The summed E-state index contributed by atoms with van der Waals surface area (Å²) in [6.45, 7) is 2.02. The van der Waals surface area contributed by atoms with Crippen molar-refractivity contribution in [1.29, 1.82) is 0 Å². The Morgan fingerprint density at radius 3 is 3.00 bits per heavy atom. The lowest BCUT2D eigenvalue weighted by Gasteiger charge is -2.05. The van der Waals surface area contributed by atoms with Crippen LogP contribution in [0.4, 0.5) is 0 Å². The molecule has 2 aromatic rings. The zero-order chi connectivity index (χ0) is 9.42. The highest BCUT2D eigenvalue weighted by Gasteiger charge is 2.09. The van der Waals surface area contributed by atoms with Crippen LogP contribution in [-0.2, 0) is 5.33 Å². The highest BCUT2D eigenvalue weighted by Crippen LogP contribution is 2.36. The van der Waals surface area contributed by atoms with E-state index in [0.717, 1.165) is 21.2 Å². The lowest BCUT2D eigenvalue weighted by molar-refractivity contribution is 0.477. The quantitative estimate of drug-likeness (QED) is 0.770. The van der Waals surface area contributed by atoms with Crippen molar-refractivity contribution in [2.75, 3.05) is 0 Å². The first-order valence-electron chi connectivity index (χ1n) is 3.98. The van der Waals surface area contributed by atoms with E-state index < -0.39 is 0 Å². The monoisotopic (exact) mass is 256 g/mol. The Hall–Kier alpha value is -0.540. The normalized spacial score (nSPS) is 10.9. The van der Waals surface area contributed by atoms with Crippen molar-refractivity contribution in [3.63, 3.8) is 0 Å². The molecule has 0 amide bonds. The Morgan fingerprint density at radius 1 is 1.54 bits per heavy atom. The predicted octanol–water partition coefficient (Wildman–Crippen LogP) is 3.81. The molecule has 0 radical (unpaired) electrons. The van der Waals surface area contributed by atoms with Gasteiger partial charge in [-0.3, -0.25) is 0 Å². The third-order valence-corrected chi connectivity index (χ3v) is 3.68. The Labute approximate surface area is 89.1 Å². The summed E-state index contributed by atoms with van der Waals surface area (Å²) in [5.74, 6) is 0.432. The molecule has 0 saturated heterocycles. The van der Waals surface area contributed by atoms with E-state index in [1.54, 1.807) is 11.3 Å². The average molecular weight is 257 g/mol. The van der Waals surface area contributed by atoms with Gasteiger partial charge in [0.2, 0.25) is 0 Å². The SMILES string of the molecule is Cc1cc2ccsc2c(O)c1CBr. The van der Waals surface area contributed by atoms with Crippen molar-refractivity contribution < 1.29 is 5.11 Å². The molecule has 0 saturated carbocycles. The smallest absolute Gasteiger partial charge is 0.137 e. The van der Waals surface area contributed by atoms with E-state index in [-0.39, 0.29) is 0 Å². The summed E-state index contributed by atoms with van der Waals surface area (Å²) in [4.78, 5) is 0. The molecule has 1 heterocycles. The van der Waals surface area contributed by atoms with Crippen LogP contribution in [0, 0.1) is 6.92 Å². The van der Waals surface area contributed by atoms with Gasteiger partial charge in [0.25, 0.3) is 0 Å². The van der Waals surface area contributed by atoms with Crippen molar-refractivity contribution in [3.05, 3.63) is 28.6 Å². The molecule has 3 heteroatoms. The lowest BCUT2D eigenvalue weighted by Crippen LogP contribution is -1.85. The average Bonchev–Trinajstić information content (AvgIpc) is 2.53. The van der Waals surface area contributed by atoms with Gasteiger partial charge in [-0.15, -0.1) is 11.3 Å². The van der Waals surface area contributed by atoms with Gasteiger partial charge in [-0.05, 0) is 29.3 Å². The van der Waals surface area contributed by atoms with Gasteiger partial charge >= 0.3 is 0 Å². The van der Waals surface area contributed by atoms with Gasteiger partial charge in [-0.2, -0.15) is 0 Å². The van der Waals surface area contributed by atoms with Crippen LogP contribution in [0.3, 0.4) is 0 Å². The molecule has 68 valence electrons. The van der Waals surface area contributed by atoms with Crippen LogP contribution in [0.2, 0.25) is 0 Å². The number of benzene rings is 1. The van der Waals surface area contributed by atoms with Crippen molar-refractivity contribution in [2.24, 2.45) is 0 Å². The van der Waals surface area contributed by atoms with Crippen molar-refractivity contribution in [2.45, 2.75) is 12.3 Å². The molecule has 1 nitrogen and oxygen atoms in total. The van der Waals surface area contributed by atoms with Crippen LogP contribution in [0.25, 0.3) is 10.1 Å². The fourth-order valence-electron chi connectivity index (χ4n) is 1.44. The summed E-state index contributed by atoms with van der Waals surface area (Å²) in [7, 11) is 0. The molecule has 0 atom stereocenters. The number of halogens is 1. The Balaban J connectivity index is 2.85. The Morgan fingerprint density at radius 2 is 2.31 bits per heavy atom. The molecule has 0 aliphatic carbocycles. The van der Waals surface area contributed by atoms with E-state index in [1.165, 1.54) is 0 Å². The van der Waals surface area contributed by atoms with Crippen LogP contribution in [0.5, 0.6) is 5.75 Å².